The molecule has 0 aromatic rings. The Bertz CT molecular complexity index is 312. The van der Waals surface area contributed by atoms with Crippen molar-refractivity contribution in [1.29, 1.82) is 0 Å². The fraction of sp³-hybridized carbons (Fsp3) is 1.00. The van der Waals surface area contributed by atoms with E-state index in [1.54, 1.807) is 0 Å². The molecule has 0 saturated carbocycles. The van der Waals surface area contributed by atoms with Crippen LogP contribution in [0.4, 0.5) is 0 Å². The van der Waals surface area contributed by atoms with Gasteiger partial charge in [0.25, 0.3) is 0 Å². The van der Waals surface area contributed by atoms with Gasteiger partial charge >= 0.3 is 0 Å². The van der Waals surface area contributed by atoms with Crippen LogP contribution >= 0.6 is 0 Å². The first-order valence-electron chi connectivity index (χ1n) is 8.08. The Morgan fingerprint density at radius 3 is 3.00 bits per heavy atom. The number of hydrogen-bond acceptors (Lipinski definition) is 4. The van der Waals surface area contributed by atoms with Gasteiger partial charge in [-0.25, -0.2) is 0 Å². The summed E-state index contributed by atoms with van der Waals surface area (Å²) in [6, 6.07) is 0.792. The highest BCUT2D eigenvalue weighted by Gasteiger charge is 2.44. The number of rotatable bonds is 3. The zero-order valence-electron chi connectivity index (χ0n) is 12.3. The van der Waals surface area contributed by atoms with Gasteiger partial charge in [-0.15, -0.1) is 0 Å². The predicted octanol–water partition coefficient (Wildman–Crippen LogP) is 1.05. The van der Waals surface area contributed by atoms with Crippen LogP contribution in [0.2, 0.25) is 0 Å². The van der Waals surface area contributed by atoms with Gasteiger partial charge in [-0.2, -0.15) is 0 Å². The maximum atomic E-state index is 6.21. The lowest BCUT2D eigenvalue weighted by molar-refractivity contribution is -0.0873. The highest BCUT2D eigenvalue weighted by Crippen LogP contribution is 2.34. The minimum atomic E-state index is 0.216. The zero-order valence-corrected chi connectivity index (χ0v) is 12.3. The first-order chi connectivity index (χ1) is 9.27. The average Bonchev–Trinajstić information content (AvgIpc) is 2.94. The molecule has 19 heavy (non-hydrogen) atoms. The molecule has 4 nitrogen and oxygen atoms in total. The highest BCUT2D eigenvalue weighted by molar-refractivity contribution is 5.00. The molecule has 0 bridgehead atoms. The molecular formula is C15H29N3O. The summed E-state index contributed by atoms with van der Waals surface area (Å²) < 4.78 is 5.87. The SMILES string of the molecule is CCC1CC(CN)(N2CCN3CCCC3C2)CCO1. The molecule has 2 N–H and O–H groups in total. The van der Waals surface area contributed by atoms with Crippen LogP contribution in [0.1, 0.15) is 39.0 Å². The summed E-state index contributed by atoms with van der Waals surface area (Å²) in [4.78, 5) is 5.39. The number of nitrogens with two attached hydrogens (primary N) is 1. The van der Waals surface area contributed by atoms with Crippen LogP contribution in [0.15, 0.2) is 0 Å². The van der Waals surface area contributed by atoms with E-state index in [0.717, 1.165) is 38.5 Å². The van der Waals surface area contributed by atoms with E-state index in [0.29, 0.717) is 6.10 Å². The molecule has 3 atom stereocenters. The van der Waals surface area contributed by atoms with Crippen molar-refractivity contribution in [2.75, 3.05) is 39.3 Å². The molecule has 0 radical (unpaired) electrons. The van der Waals surface area contributed by atoms with Crippen LogP contribution < -0.4 is 5.73 Å². The lowest BCUT2D eigenvalue weighted by atomic mass is 9.83. The Kier molecular flexibility index (Phi) is 4.13. The maximum absolute atomic E-state index is 6.21. The first-order valence-corrected chi connectivity index (χ1v) is 8.08. The van der Waals surface area contributed by atoms with Crippen molar-refractivity contribution in [3.8, 4) is 0 Å². The van der Waals surface area contributed by atoms with Gasteiger partial charge in [-0.1, -0.05) is 6.92 Å². The van der Waals surface area contributed by atoms with E-state index in [4.69, 9.17) is 10.5 Å². The minimum absolute atomic E-state index is 0.216. The lowest BCUT2D eigenvalue weighted by Crippen LogP contribution is -2.64. The van der Waals surface area contributed by atoms with Crippen LogP contribution in [-0.2, 0) is 4.74 Å². The topological polar surface area (TPSA) is 41.7 Å². The molecule has 0 aromatic carbocycles. The highest BCUT2D eigenvalue weighted by atomic mass is 16.5. The second kappa shape index (κ2) is 5.68. The molecule has 3 aliphatic heterocycles. The Hall–Kier alpha value is -0.160. The molecule has 3 saturated heterocycles. The first kappa shape index (κ1) is 13.8. The summed E-state index contributed by atoms with van der Waals surface area (Å²) in [7, 11) is 0. The Morgan fingerprint density at radius 1 is 1.32 bits per heavy atom. The standard InChI is InChI=1S/C15H29N3O/c1-2-14-10-15(12-16,5-9-19-14)18-8-7-17-6-3-4-13(17)11-18/h13-14H,2-12,16H2,1H3. The second-order valence-corrected chi connectivity index (χ2v) is 6.56. The third-order valence-electron chi connectivity index (χ3n) is 5.62. The third kappa shape index (κ3) is 2.56. The van der Waals surface area contributed by atoms with Crippen LogP contribution in [0, 0.1) is 0 Å². The lowest BCUT2D eigenvalue weighted by Gasteiger charge is -2.52. The summed E-state index contributed by atoms with van der Waals surface area (Å²) in [6.45, 7) is 8.89. The van der Waals surface area contributed by atoms with Crippen molar-refractivity contribution in [1.82, 2.24) is 9.80 Å². The molecule has 0 aromatic heterocycles. The normalized spacial score (nSPS) is 41.4. The minimum Gasteiger partial charge on any atom is -0.378 e. The van der Waals surface area contributed by atoms with Crippen LogP contribution in [-0.4, -0.2) is 66.8 Å². The second-order valence-electron chi connectivity index (χ2n) is 6.56. The molecular weight excluding hydrogens is 238 g/mol. The van der Waals surface area contributed by atoms with Crippen LogP contribution in [0.3, 0.4) is 0 Å². The number of hydrogen-bond donors (Lipinski definition) is 1. The number of ether oxygens (including phenoxy) is 1. The van der Waals surface area contributed by atoms with E-state index >= 15 is 0 Å². The van der Waals surface area contributed by atoms with Gasteiger partial charge in [0.05, 0.1) is 6.10 Å². The zero-order chi connectivity index (χ0) is 13.3. The molecule has 3 aliphatic rings. The summed E-state index contributed by atoms with van der Waals surface area (Å²) >= 11 is 0. The third-order valence-corrected chi connectivity index (χ3v) is 5.62. The van der Waals surface area contributed by atoms with Crippen LogP contribution in [0.25, 0.3) is 0 Å². The number of piperazine rings is 1. The van der Waals surface area contributed by atoms with Crippen molar-refractivity contribution in [2.24, 2.45) is 5.73 Å². The molecule has 0 aliphatic carbocycles. The van der Waals surface area contributed by atoms with Gasteiger partial charge in [0.1, 0.15) is 0 Å². The van der Waals surface area contributed by atoms with E-state index < -0.39 is 0 Å². The summed E-state index contributed by atoms with van der Waals surface area (Å²) in [6.07, 6.45) is 6.54. The van der Waals surface area contributed by atoms with E-state index in [-0.39, 0.29) is 5.54 Å². The molecule has 0 amide bonds. The van der Waals surface area contributed by atoms with Gasteiger partial charge in [-0.05, 0) is 38.6 Å². The average molecular weight is 267 g/mol. The van der Waals surface area contributed by atoms with Crippen molar-refractivity contribution < 1.29 is 4.74 Å². The van der Waals surface area contributed by atoms with E-state index in [1.165, 1.54) is 39.0 Å². The number of fused-ring (bicyclic) bond motifs is 1. The molecule has 110 valence electrons. The molecule has 0 spiro atoms. The predicted molar refractivity (Wildman–Crippen MR) is 77.2 cm³/mol. The van der Waals surface area contributed by atoms with Crippen molar-refractivity contribution in [3.05, 3.63) is 0 Å². The molecule has 3 fully saturated rings. The molecule has 3 rings (SSSR count). The molecule has 3 unspecified atom stereocenters. The van der Waals surface area contributed by atoms with E-state index in [9.17, 15) is 0 Å². The molecule has 3 heterocycles. The van der Waals surface area contributed by atoms with Crippen molar-refractivity contribution >= 4 is 0 Å². The largest absolute Gasteiger partial charge is 0.378 e. The smallest absolute Gasteiger partial charge is 0.0590 e. The van der Waals surface area contributed by atoms with E-state index in [1.807, 2.05) is 0 Å². The van der Waals surface area contributed by atoms with Gasteiger partial charge in [-0.3, -0.25) is 9.80 Å². The monoisotopic (exact) mass is 267 g/mol. The summed E-state index contributed by atoms with van der Waals surface area (Å²) in [5, 5.41) is 0. The van der Waals surface area contributed by atoms with Crippen molar-refractivity contribution in [2.45, 2.75) is 56.7 Å². The van der Waals surface area contributed by atoms with E-state index in [2.05, 4.69) is 16.7 Å². The fourth-order valence-electron chi connectivity index (χ4n) is 4.29. The fourth-order valence-corrected chi connectivity index (χ4v) is 4.29. The van der Waals surface area contributed by atoms with Gasteiger partial charge in [0.15, 0.2) is 0 Å². The van der Waals surface area contributed by atoms with Crippen LogP contribution in [0.5, 0.6) is 0 Å². The Labute approximate surface area is 117 Å². The number of nitrogens with zero attached hydrogens (tertiary/aromatic N) is 2. The Balaban J connectivity index is 1.70. The van der Waals surface area contributed by atoms with Gasteiger partial charge in [0.2, 0.25) is 0 Å². The summed E-state index contributed by atoms with van der Waals surface area (Å²) in [5.41, 5.74) is 6.43. The maximum Gasteiger partial charge on any atom is 0.0590 e. The Morgan fingerprint density at radius 2 is 2.21 bits per heavy atom. The molecule has 4 heteroatoms. The van der Waals surface area contributed by atoms with Crippen molar-refractivity contribution in [3.63, 3.8) is 0 Å². The van der Waals surface area contributed by atoms with Gasteiger partial charge < -0.3 is 10.5 Å². The van der Waals surface area contributed by atoms with Gasteiger partial charge in [0, 0.05) is 44.4 Å². The summed E-state index contributed by atoms with van der Waals surface area (Å²) in [5.74, 6) is 0. The quantitative estimate of drug-likeness (QED) is 0.830.